The molecular weight excluding hydrogens is 555 g/mol. The van der Waals surface area contributed by atoms with Crippen LogP contribution in [0.4, 0.5) is 13.2 Å². The highest BCUT2D eigenvalue weighted by atomic mass is 32.2. The van der Waals surface area contributed by atoms with E-state index in [0.29, 0.717) is 18.2 Å². The molecule has 3 aromatic carbocycles. The largest absolute Gasteiger partial charge is 0.492 e. The number of halogens is 3. The van der Waals surface area contributed by atoms with Gasteiger partial charge in [-0.3, -0.25) is 4.79 Å². The van der Waals surface area contributed by atoms with Gasteiger partial charge >= 0.3 is 6.18 Å². The van der Waals surface area contributed by atoms with Gasteiger partial charge in [0.1, 0.15) is 12.4 Å². The lowest BCUT2D eigenvalue weighted by atomic mass is 9.87. The monoisotopic (exact) mass is 589 g/mol. The summed E-state index contributed by atoms with van der Waals surface area (Å²) in [5, 5.41) is 3.04. The second kappa shape index (κ2) is 13.1. The fourth-order valence-electron chi connectivity index (χ4n) is 4.82. The van der Waals surface area contributed by atoms with Crippen molar-refractivity contribution in [3.63, 3.8) is 0 Å². The van der Waals surface area contributed by atoms with Gasteiger partial charge in [0.2, 0.25) is 15.9 Å². The number of ether oxygens (including phenoxy) is 1. The van der Waals surface area contributed by atoms with Crippen molar-refractivity contribution in [1.29, 1.82) is 0 Å². The van der Waals surface area contributed by atoms with Gasteiger partial charge in [-0.1, -0.05) is 42.5 Å². The van der Waals surface area contributed by atoms with Crippen molar-refractivity contribution in [3.8, 4) is 5.75 Å². The summed E-state index contributed by atoms with van der Waals surface area (Å²) in [5.41, 5.74) is 1.53. The summed E-state index contributed by atoms with van der Waals surface area (Å²) in [6, 6.07) is 16.6. The molecule has 4 rings (SSSR count). The van der Waals surface area contributed by atoms with Gasteiger partial charge in [-0.2, -0.15) is 13.2 Å². The first-order valence-corrected chi connectivity index (χ1v) is 14.8. The SMILES string of the molecule is CN(C)CCOc1ccc2c(c1)CCCC2NC(=O)C[C@@H](NS(=O)(=O)c1cccc(C(F)(F)F)c1)c1ccccc1. The van der Waals surface area contributed by atoms with E-state index in [9.17, 15) is 26.4 Å². The van der Waals surface area contributed by atoms with Crippen LogP contribution in [0.15, 0.2) is 77.7 Å². The normalized spacial score (nSPS) is 16.2. The molecule has 2 N–H and O–H groups in total. The van der Waals surface area contributed by atoms with E-state index in [1.807, 2.05) is 37.2 Å². The van der Waals surface area contributed by atoms with E-state index in [1.165, 1.54) is 0 Å². The zero-order valence-electron chi connectivity index (χ0n) is 22.9. The maximum absolute atomic E-state index is 13.3. The molecule has 3 aromatic rings. The summed E-state index contributed by atoms with van der Waals surface area (Å²) < 4.78 is 74.2. The van der Waals surface area contributed by atoms with Crippen molar-refractivity contribution >= 4 is 15.9 Å². The lowest BCUT2D eigenvalue weighted by Gasteiger charge is -2.28. The minimum atomic E-state index is -4.69. The van der Waals surface area contributed by atoms with Crippen molar-refractivity contribution in [2.45, 2.75) is 48.8 Å². The molecule has 0 saturated carbocycles. The van der Waals surface area contributed by atoms with E-state index in [-0.39, 0.29) is 18.4 Å². The maximum atomic E-state index is 13.3. The number of amides is 1. The molecule has 0 saturated heterocycles. The molecule has 0 aromatic heterocycles. The average molecular weight is 590 g/mol. The number of aryl methyl sites for hydroxylation is 1. The lowest BCUT2D eigenvalue weighted by molar-refractivity contribution is -0.137. The average Bonchev–Trinajstić information content (AvgIpc) is 2.92. The number of likely N-dealkylation sites (N-methyl/N-ethyl adjacent to an activating group) is 1. The predicted molar refractivity (Wildman–Crippen MR) is 150 cm³/mol. The van der Waals surface area contributed by atoms with Crippen molar-refractivity contribution in [1.82, 2.24) is 14.9 Å². The lowest BCUT2D eigenvalue weighted by Crippen LogP contribution is -2.36. The minimum absolute atomic E-state index is 0.236. The first-order valence-electron chi connectivity index (χ1n) is 13.4. The van der Waals surface area contributed by atoms with E-state index < -0.39 is 32.7 Å². The topological polar surface area (TPSA) is 87.7 Å². The zero-order chi connectivity index (χ0) is 29.6. The van der Waals surface area contributed by atoms with Gasteiger partial charge in [-0.05, 0) is 80.4 Å². The molecule has 0 aliphatic heterocycles. The van der Waals surface area contributed by atoms with Crippen LogP contribution in [0.5, 0.6) is 5.75 Å². The Kier molecular flexibility index (Phi) is 9.72. The summed E-state index contributed by atoms with van der Waals surface area (Å²) in [6.07, 6.45) is -2.48. The Morgan fingerprint density at radius 2 is 1.80 bits per heavy atom. The first-order chi connectivity index (χ1) is 19.4. The minimum Gasteiger partial charge on any atom is -0.492 e. The molecule has 11 heteroatoms. The van der Waals surface area contributed by atoms with Gasteiger partial charge in [-0.15, -0.1) is 0 Å². The van der Waals surface area contributed by atoms with Crippen LogP contribution >= 0.6 is 0 Å². The van der Waals surface area contributed by atoms with Crippen LogP contribution in [0.25, 0.3) is 0 Å². The van der Waals surface area contributed by atoms with Crippen LogP contribution in [0.2, 0.25) is 0 Å². The number of carbonyl (C=O) groups excluding carboxylic acids is 1. The molecule has 0 radical (unpaired) electrons. The summed E-state index contributed by atoms with van der Waals surface area (Å²) in [5.74, 6) is 0.389. The van der Waals surface area contributed by atoms with Gasteiger partial charge in [0.15, 0.2) is 0 Å². The quantitative estimate of drug-likeness (QED) is 0.319. The molecule has 220 valence electrons. The summed E-state index contributed by atoms with van der Waals surface area (Å²) >= 11 is 0. The number of hydrogen-bond donors (Lipinski definition) is 2. The molecule has 7 nitrogen and oxygen atoms in total. The van der Waals surface area contributed by atoms with Crippen molar-refractivity contribution in [3.05, 3.63) is 95.1 Å². The molecule has 0 fully saturated rings. The van der Waals surface area contributed by atoms with Crippen LogP contribution in [-0.4, -0.2) is 46.5 Å². The predicted octanol–water partition coefficient (Wildman–Crippen LogP) is 5.25. The molecule has 1 unspecified atom stereocenters. The van der Waals surface area contributed by atoms with Crippen LogP contribution in [-0.2, 0) is 27.4 Å². The van der Waals surface area contributed by atoms with Crippen LogP contribution in [0, 0.1) is 0 Å². The highest BCUT2D eigenvalue weighted by molar-refractivity contribution is 7.89. The fraction of sp³-hybridized carbons (Fsp3) is 0.367. The number of hydrogen-bond acceptors (Lipinski definition) is 5. The van der Waals surface area contributed by atoms with Gasteiger partial charge in [0, 0.05) is 13.0 Å². The number of benzene rings is 3. The Morgan fingerprint density at radius 1 is 1.05 bits per heavy atom. The molecule has 1 aliphatic carbocycles. The zero-order valence-corrected chi connectivity index (χ0v) is 23.8. The number of fused-ring (bicyclic) bond motifs is 1. The second-order valence-electron chi connectivity index (χ2n) is 10.3. The third kappa shape index (κ3) is 8.31. The number of alkyl halides is 3. The van der Waals surface area contributed by atoms with E-state index in [0.717, 1.165) is 60.9 Å². The summed E-state index contributed by atoms with van der Waals surface area (Å²) in [7, 11) is -0.434. The maximum Gasteiger partial charge on any atom is 0.416 e. The Bertz CT molecular complexity index is 1450. The Hall–Kier alpha value is -3.41. The standard InChI is InChI=1S/C30H34F3N3O4S/c1-36(2)16-17-40-24-14-15-26-22(18-24)10-6-13-27(26)34-29(37)20-28(21-8-4-3-5-9-21)35-41(38,39)25-12-7-11-23(19-25)30(31,32)33/h3-5,7-9,11-12,14-15,18-19,27-28,35H,6,10,13,16-17,20H2,1-2H3,(H,34,37)/t27?,28-/m1/s1. The Balaban J connectivity index is 1.49. The highest BCUT2D eigenvalue weighted by Crippen LogP contribution is 2.33. The summed E-state index contributed by atoms with van der Waals surface area (Å²) in [4.78, 5) is 14.8. The van der Waals surface area contributed by atoms with Gasteiger partial charge in [0.25, 0.3) is 0 Å². The number of rotatable bonds is 11. The summed E-state index contributed by atoms with van der Waals surface area (Å²) in [6.45, 7) is 1.35. The molecule has 0 spiro atoms. The third-order valence-corrected chi connectivity index (χ3v) is 8.40. The molecule has 1 aliphatic rings. The number of sulfonamides is 1. The highest BCUT2D eigenvalue weighted by Gasteiger charge is 2.32. The number of nitrogens with zero attached hydrogens (tertiary/aromatic N) is 1. The fourth-order valence-corrected chi connectivity index (χ4v) is 6.09. The molecule has 2 atom stereocenters. The van der Waals surface area contributed by atoms with E-state index in [2.05, 4.69) is 10.0 Å². The van der Waals surface area contributed by atoms with Crippen LogP contribution in [0.1, 0.15) is 53.6 Å². The Labute approximate surface area is 238 Å². The Morgan fingerprint density at radius 3 is 2.51 bits per heavy atom. The number of nitrogens with one attached hydrogen (secondary N) is 2. The van der Waals surface area contributed by atoms with Gasteiger partial charge in [0.05, 0.1) is 22.5 Å². The van der Waals surface area contributed by atoms with Crippen LogP contribution < -0.4 is 14.8 Å². The van der Waals surface area contributed by atoms with Crippen molar-refractivity contribution < 1.29 is 31.1 Å². The van der Waals surface area contributed by atoms with Crippen LogP contribution in [0.3, 0.4) is 0 Å². The molecular formula is C30H34F3N3O4S. The third-order valence-electron chi connectivity index (χ3n) is 6.93. The van der Waals surface area contributed by atoms with Gasteiger partial charge < -0.3 is 15.0 Å². The molecule has 41 heavy (non-hydrogen) atoms. The molecule has 0 bridgehead atoms. The molecule has 1 amide bonds. The van der Waals surface area contributed by atoms with E-state index in [4.69, 9.17) is 4.74 Å². The molecule has 0 heterocycles. The van der Waals surface area contributed by atoms with E-state index in [1.54, 1.807) is 30.3 Å². The number of carbonyl (C=O) groups is 1. The first kappa shape index (κ1) is 30.5. The van der Waals surface area contributed by atoms with Crippen molar-refractivity contribution in [2.24, 2.45) is 0 Å². The van der Waals surface area contributed by atoms with Gasteiger partial charge in [-0.25, -0.2) is 13.1 Å². The second-order valence-corrected chi connectivity index (χ2v) is 12.1. The van der Waals surface area contributed by atoms with E-state index >= 15 is 0 Å². The van der Waals surface area contributed by atoms with Crippen molar-refractivity contribution in [2.75, 3.05) is 27.2 Å². The smallest absolute Gasteiger partial charge is 0.416 e.